The van der Waals surface area contributed by atoms with Crippen LogP contribution >= 0.6 is 0 Å². The number of ether oxygens (including phenoxy) is 1. The van der Waals surface area contributed by atoms with Crippen LogP contribution in [-0.4, -0.2) is 55.8 Å². The highest BCUT2D eigenvalue weighted by Crippen LogP contribution is 2.35. The van der Waals surface area contributed by atoms with Crippen molar-refractivity contribution in [2.75, 3.05) is 45.9 Å². The van der Waals surface area contributed by atoms with Crippen LogP contribution in [0.3, 0.4) is 0 Å². The van der Waals surface area contributed by atoms with Crippen molar-refractivity contribution >= 4 is 0 Å². The Morgan fingerprint density at radius 1 is 1.33 bits per heavy atom. The second-order valence-corrected chi connectivity index (χ2v) is 5.36. The molecule has 0 unspecified atom stereocenters. The molecule has 3 rings (SSSR count). The Hall–Kier alpha value is -0.970. The SMILES string of the molecule is c1cncc(C2(CCN3CCNCC3)COC2)c1. The molecule has 0 saturated carbocycles. The third kappa shape index (κ3) is 2.41. The highest BCUT2D eigenvalue weighted by molar-refractivity contribution is 5.24. The van der Waals surface area contributed by atoms with E-state index in [0.29, 0.717) is 0 Å². The summed E-state index contributed by atoms with van der Waals surface area (Å²) < 4.78 is 5.47. The van der Waals surface area contributed by atoms with E-state index < -0.39 is 0 Å². The Morgan fingerprint density at radius 2 is 2.17 bits per heavy atom. The molecule has 98 valence electrons. The van der Waals surface area contributed by atoms with Crippen LogP contribution in [0.2, 0.25) is 0 Å². The van der Waals surface area contributed by atoms with E-state index in [1.54, 1.807) is 0 Å². The summed E-state index contributed by atoms with van der Waals surface area (Å²) in [5.41, 5.74) is 1.56. The van der Waals surface area contributed by atoms with Gasteiger partial charge >= 0.3 is 0 Å². The fraction of sp³-hybridized carbons (Fsp3) is 0.643. The summed E-state index contributed by atoms with van der Waals surface area (Å²) in [4.78, 5) is 6.80. The molecule has 2 aliphatic rings. The molecule has 1 aromatic rings. The van der Waals surface area contributed by atoms with Crippen molar-refractivity contribution in [1.29, 1.82) is 0 Å². The molecule has 0 aromatic carbocycles. The number of pyridine rings is 1. The summed E-state index contributed by atoms with van der Waals surface area (Å²) >= 11 is 0. The van der Waals surface area contributed by atoms with Gasteiger partial charge in [0.05, 0.1) is 13.2 Å². The van der Waals surface area contributed by atoms with Crippen LogP contribution < -0.4 is 5.32 Å². The number of hydrogen-bond donors (Lipinski definition) is 1. The molecule has 0 radical (unpaired) electrons. The van der Waals surface area contributed by atoms with E-state index >= 15 is 0 Å². The number of piperazine rings is 1. The number of aromatic nitrogens is 1. The van der Waals surface area contributed by atoms with E-state index in [2.05, 4.69) is 21.3 Å². The molecule has 0 amide bonds. The van der Waals surface area contributed by atoms with Crippen molar-refractivity contribution in [3.8, 4) is 0 Å². The number of hydrogen-bond acceptors (Lipinski definition) is 4. The Labute approximate surface area is 108 Å². The summed E-state index contributed by atoms with van der Waals surface area (Å²) in [7, 11) is 0. The topological polar surface area (TPSA) is 37.4 Å². The molecule has 4 nitrogen and oxygen atoms in total. The Kier molecular flexibility index (Phi) is 3.59. The lowest BCUT2D eigenvalue weighted by Crippen LogP contribution is -2.51. The molecule has 0 bridgehead atoms. The van der Waals surface area contributed by atoms with Gasteiger partial charge in [-0.05, 0) is 24.6 Å². The first-order chi connectivity index (χ1) is 8.89. The number of nitrogens with zero attached hydrogens (tertiary/aromatic N) is 2. The maximum atomic E-state index is 5.47. The zero-order chi connectivity index (χ0) is 12.3. The van der Waals surface area contributed by atoms with Crippen molar-refractivity contribution in [2.45, 2.75) is 11.8 Å². The van der Waals surface area contributed by atoms with Crippen LogP contribution in [0.25, 0.3) is 0 Å². The van der Waals surface area contributed by atoms with Gasteiger partial charge in [0.15, 0.2) is 0 Å². The van der Waals surface area contributed by atoms with E-state index in [1.165, 1.54) is 31.6 Å². The third-order valence-electron chi connectivity index (χ3n) is 4.15. The summed E-state index contributed by atoms with van der Waals surface area (Å²) in [5.74, 6) is 0. The summed E-state index contributed by atoms with van der Waals surface area (Å²) in [5, 5.41) is 3.40. The van der Waals surface area contributed by atoms with E-state index in [4.69, 9.17) is 4.74 Å². The molecule has 0 aliphatic carbocycles. The minimum absolute atomic E-state index is 0.221. The molecular formula is C14H21N3O. The fourth-order valence-corrected chi connectivity index (χ4v) is 2.79. The Bertz CT molecular complexity index is 372. The minimum atomic E-state index is 0.221. The predicted molar refractivity (Wildman–Crippen MR) is 70.7 cm³/mol. The Balaban J connectivity index is 1.62. The van der Waals surface area contributed by atoms with Crippen LogP contribution in [-0.2, 0) is 10.2 Å². The van der Waals surface area contributed by atoms with Gasteiger partial charge in [0.1, 0.15) is 0 Å². The van der Waals surface area contributed by atoms with E-state index in [9.17, 15) is 0 Å². The van der Waals surface area contributed by atoms with Gasteiger partial charge in [0.25, 0.3) is 0 Å². The maximum Gasteiger partial charge on any atom is 0.0586 e. The molecule has 2 fully saturated rings. The van der Waals surface area contributed by atoms with Gasteiger partial charge in [-0.1, -0.05) is 6.07 Å². The molecular weight excluding hydrogens is 226 g/mol. The molecule has 4 heteroatoms. The van der Waals surface area contributed by atoms with Gasteiger partial charge in [0, 0.05) is 44.0 Å². The molecule has 3 heterocycles. The first kappa shape index (κ1) is 12.1. The minimum Gasteiger partial charge on any atom is -0.379 e. The average Bonchev–Trinajstić information content (AvgIpc) is 2.40. The van der Waals surface area contributed by atoms with Crippen molar-refractivity contribution in [1.82, 2.24) is 15.2 Å². The summed E-state index contributed by atoms with van der Waals surface area (Å²) in [6.07, 6.45) is 5.02. The van der Waals surface area contributed by atoms with Crippen LogP contribution in [0, 0.1) is 0 Å². The number of rotatable bonds is 4. The third-order valence-corrected chi connectivity index (χ3v) is 4.15. The van der Waals surface area contributed by atoms with Crippen LogP contribution in [0.1, 0.15) is 12.0 Å². The molecule has 1 N–H and O–H groups in total. The quantitative estimate of drug-likeness (QED) is 0.847. The lowest BCUT2D eigenvalue weighted by molar-refractivity contribution is -0.0680. The smallest absolute Gasteiger partial charge is 0.0586 e. The van der Waals surface area contributed by atoms with E-state index in [0.717, 1.165) is 26.3 Å². The van der Waals surface area contributed by atoms with E-state index in [-0.39, 0.29) is 5.41 Å². The standard InChI is InChI=1S/C14H21N3O/c1-2-13(10-16-4-1)14(11-18-12-14)3-7-17-8-5-15-6-9-17/h1-2,4,10,15H,3,5-9,11-12H2. The highest BCUT2D eigenvalue weighted by Gasteiger charge is 2.40. The monoisotopic (exact) mass is 247 g/mol. The Morgan fingerprint density at radius 3 is 2.78 bits per heavy atom. The van der Waals surface area contributed by atoms with Gasteiger partial charge in [-0.25, -0.2) is 0 Å². The second-order valence-electron chi connectivity index (χ2n) is 5.36. The molecule has 2 aliphatic heterocycles. The first-order valence-electron chi connectivity index (χ1n) is 6.80. The lowest BCUT2D eigenvalue weighted by Gasteiger charge is -2.43. The van der Waals surface area contributed by atoms with Crippen molar-refractivity contribution in [2.24, 2.45) is 0 Å². The molecule has 2 saturated heterocycles. The maximum absolute atomic E-state index is 5.47. The fourth-order valence-electron chi connectivity index (χ4n) is 2.79. The van der Waals surface area contributed by atoms with Gasteiger partial charge in [0.2, 0.25) is 0 Å². The van der Waals surface area contributed by atoms with Gasteiger partial charge in [-0.3, -0.25) is 4.98 Å². The average molecular weight is 247 g/mol. The zero-order valence-corrected chi connectivity index (χ0v) is 10.8. The molecule has 1 aromatic heterocycles. The number of nitrogens with one attached hydrogen (secondary N) is 1. The van der Waals surface area contributed by atoms with Gasteiger partial charge in [-0.2, -0.15) is 0 Å². The van der Waals surface area contributed by atoms with Crippen LogP contribution in [0.5, 0.6) is 0 Å². The first-order valence-corrected chi connectivity index (χ1v) is 6.80. The van der Waals surface area contributed by atoms with Crippen LogP contribution in [0.4, 0.5) is 0 Å². The molecule has 0 spiro atoms. The van der Waals surface area contributed by atoms with Crippen LogP contribution in [0.15, 0.2) is 24.5 Å². The normalized spacial score (nSPS) is 23.6. The van der Waals surface area contributed by atoms with Gasteiger partial charge < -0.3 is 15.0 Å². The van der Waals surface area contributed by atoms with E-state index in [1.807, 2.05) is 18.5 Å². The molecule has 0 atom stereocenters. The zero-order valence-electron chi connectivity index (χ0n) is 10.8. The highest BCUT2D eigenvalue weighted by atomic mass is 16.5. The summed E-state index contributed by atoms with van der Waals surface area (Å²) in [6, 6.07) is 4.22. The lowest BCUT2D eigenvalue weighted by atomic mass is 9.76. The predicted octanol–water partition coefficient (Wildman–Crippen LogP) is 0.645. The van der Waals surface area contributed by atoms with Crippen molar-refractivity contribution in [3.63, 3.8) is 0 Å². The molecule has 18 heavy (non-hydrogen) atoms. The second kappa shape index (κ2) is 5.34. The summed E-state index contributed by atoms with van der Waals surface area (Å²) in [6.45, 7) is 7.45. The largest absolute Gasteiger partial charge is 0.379 e. The van der Waals surface area contributed by atoms with Gasteiger partial charge in [-0.15, -0.1) is 0 Å². The van der Waals surface area contributed by atoms with Crippen molar-refractivity contribution < 1.29 is 4.74 Å². The van der Waals surface area contributed by atoms with Crippen molar-refractivity contribution in [3.05, 3.63) is 30.1 Å².